The Bertz CT molecular complexity index is 483. The van der Waals surface area contributed by atoms with Gasteiger partial charge < -0.3 is 21.6 Å². The van der Waals surface area contributed by atoms with Crippen molar-refractivity contribution in [3.8, 4) is 0 Å². The van der Waals surface area contributed by atoms with E-state index in [0.29, 0.717) is 5.56 Å². The molecule has 0 fully saturated rings. The van der Waals surface area contributed by atoms with Gasteiger partial charge in [-0.2, -0.15) is 0 Å². The summed E-state index contributed by atoms with van der Waals surface area (Å²) in [5, 5.41) is 11.3. The summed E-state index contributed by atoms with van der Waals surface area (Å²) in [4.78, 5) is 27.5. The van der Waals surface area contributed by atoms with Gasteiger partial charge in [0.1, 0.15) is 5.69 Å². The van der Waals surface area contributed by atoms with Crippen LogP contribution in [0.2, 0.25) is 0 Å². The van der Waals surface area contributed by atoms with E-state index in [2.05, 4.69) is 10.1 Å². The van der Waals surface area contributed by atoms with Crippen molar-refractivity contribution >= 4 is 17.6 Å². The van der Waals surface area contributed by atoms with Crippen LogP contribution in [0.3, 0.4) is 0 Å². The van der Waals surface area contributed by atoms with Gasteiger partial charge in [-0.15, -0.1) is 0 Å². The Morgan fingerprint density at radius 1 is 1.44 bits per heavy atom. The molecule has 96 valence electrons. The predicted molar refractivity (Wildman–Crippen MR) is 62.9 cm³/mol. The van der Waals surface area contributed by atoms with Crippen molar-refractivity contribution in [1.82, 2.24) is 9.88 Å². The molecular weight excluding hydrogens is 238 g/mol. The van der Waals surface area contributed by atoms with E-state index in [1.54, 1.807) is 0 Å². The summed E-state index contributed by atoms with van der Waals surface area (Å²) in [7, 11) is 1.44. The van der Waals surface area contributed by atoms with Crippen LogP contribution in [0.5, 0.6) is 0 Å². The van der Waals surface area contributed by atoms with Crippen LogP contribution in [-0.4, -0.2) is 46.3 Å². The lowest BCUT2D eigenvalue weighted by Crippen LogP contribution is -2.35. The second-order valence-corrected chi connectivity index (χ2v) is 3.54. The first-order valence-corrected chi connectivity index (χ1v) is 4.93. The minimum atomic E-state index is -0.612. The van der Waals surface area contributed by atoms with Crippen molar-refractivity contribution in [3.63, 3.8) is 0 Å². The lowest BCUT2D eigenvalue weighted by atomic mass is 10.2. The number of rotatable bonds is 4. The SMILES string of the molecule is CN(CC(N)=O)C(=O)c1ccc(C(N)=NO)cn1. The topological polar surface area (TPSA) is 135 Å². The van der Waals surface area contributed by atoms with Crippen LogP contribution in [0.1, 0.15) is 16.1 Å². The summed E-state index contributed by atoms with van der Waals surface area (Å²) in [5.41, 5.74) is 10.8. The number of hydrogen-bond acceptors (Lipinski definition) is 5. The number of amides is 2. The average molecular weight is 251 g/mol. The van der Waals surface area contributed by atoms with Crippen LogP contribution in [0, 0.1) is 0 Å². The molecule has 0 aliphatic heterocycles. The summed E-state index contributed by atoms with van der Waals surface area (Å²) < 4.78 is 0. The van der Waals surface area contributed by atoms with Crippen molar-refractivity contribution in [2.75, 3.05) is 13.6 Å². The summed E-state index contributed by atoms with van der Waals surface area (Å²) in [6.45, 7) is -0.192. The maximum Gasteiger partial charge on any atom is 0.272 e. The van der Waals surface area contributed by atoms with E-state index < -0.39 is 11.8 Å². The van der Waals surface area contributed by atoms with Gasteiger partial charge in [-0.05, 0) is 12.1 Å². The molecule has 8 heteroatoms. The second-order valence-electron chi connectivity index (χ2n) is 3.54. The molecule has 8 nitrogen and oxygen atoms in total. The van der Waals surface area contributed by atoms with Crippen molar-refractivity contribution in [2.45, 2.75) is 0 Å². The minimum absolute atomic E-state index is 0.105. The average Bonchev–Trinajstić information content (AvgIpc) is 2.36. The van der Waals surface area contributed by atoms with Gasteiger partial charge in [-0.25, -0.2) is 0 Å². The number of nitrogens with two attached hydrogens (primary N) is 2. The Balaban J connectivity index is 2.85. The van der Waals surface area contributed by atoms with Crippen molar-refractivity contribution in [2.24, 2.45) is 16.6 Å². The van der Waals surface area contributed by atoms with E-state index in [1.807, 2.05) is 0 Å². The van der Waals surface area contributed by atoms with E-state index >= 15 is 0 Å². The molecule has 0 unspecified atom stereocenters. The Morgan fingerprint density at radius 3 is 2.56 bits per heavy atom. The first-order chi connectivity index (χ1) is 8.45. The molecule has 0 bridgehead atoms. The zero-order valence-electron chi connectivity index (χ0n) is 9.70. The zero-order valence-corrected chi connectivity index (χ0v) is 9.70. The highest BCUT2D eigenvalue weighted by Crippen LogP contribution is 2.03. The van der Waals surface area contributed by atoms with Gasteiger partial charge in [0, 0.05) is 18.8 Å². The van der Waals surface area contributed by atoms with Crippen LogP contribution in [-0.2, 0) is 4.79 Å². The molecule has 1 rings (SSSR count). The minimum Gasteiger partial charge on any atom is -0.409 e. The lowest BCUT2D eigenvalue weighted by Gasteiger charge is -2.14. The van der Waals surface area contributed by atoms with Crippen LogP contribution in [0.25, 0.3) is 0 Å². The third-order valence-electron chi connectivity index (χ3n) is 2.13. The third kappa shape index (κ3) is 3.17. The van der Waals surface area contributed by atoms with E-state index in [-0.39, 0.29) is 18.1 Å². The van der Waals surface area contributed by atoms with E-state index in [0.717, 1.165) is 4.90 Å². The fourth-order valence-electron chi connectivity index (χ4n) is 1.23. The zero-order chi connectivity index (χ0) is 13.7. The number of hydrogen-bond donors (Lipinski definition) is 3. The normalized spacial score (nSPS) is 11.1. The molecule has 1 aromatic heterocycles. The van der Waals surface area contributed by atoms with Crippen LogP contribution < -0.4 is 11.5 Å². The molecule has 0 saturated carbocycles. The van der Waals surface area contributed by atoms with E-state index in [4.69, 9.17) is 16.7 Å². The Labute approximate surface area is 103 Å². The Hall–Kier alpha value is -2.64. The molecule has 0 atom stereocenters. The number of oxime groups is 1. The first kappa shape index (κ1) is 13.4. The maximum atomic E-state index is 11.8. The van der Waals surface area contributed by atoms with Gasteiger partial charge in [0.25, 0.3) is 5.91 Å². The second kappa shape index (κ2) is 5.62. The number of amidine groups is 1. The van der Waals surface area contributed by atoms with Crippen molar-refractivity contribution < 1.29 is 14.8 Å². The highest BCUT2D eigenvalue weighted by atomic mass is 16.4. The number of likely N-dealkylation sites (N-methyl/N-ethyl adjacent to an activating group) is 1. The highest BCUT2D eigenvalue weighted by Gasteiger charge is 2.14. The summed E-state index contributed by atoms with van der Waals surface area (Å²) in [5.74, 6) is -1.16. The van der Waals surface area contributed by atoms with E-state index in [9.17, 15) is 9.59 Å². The molecule has 0 radical (unpaired) electrons. The van der Waals surface area contributed by atoms with Crippen LogP contribution in [0.15, 0.2) is 23.5 Å². The Kier molecular flexibility index (Phi) is 4.19. The number of nitrogens with zero attached hydrogens (tertiary/aromatic N) is 3. The summed E-state index contributed by atoms with van der Waals surface area (Å²) in [6, 6.07) is 2.89. The number of carbonyl (C=O) groups is 2. The summed E-state index contributed by atoms with van der Waals surface area (Å²) >= 11 is 0. The van der Waals surface area contributed by atoms with Gasteiger partial charge in [0.05, 0.1) is 6.54 Å². The predicted octanol–water partition coefficient (Wildman–Crippen LogP) is -1.27. The molecule has 2 amide bonds. The molecule has 18 heavy (non-hydrogen) atoms. The molecule has 0 aliphatic rings. The molecule has 1 heterocycles. The van der Waals surface area contributed by atoms with Gasteiger partial charge in [-0.1, -0.05) is 5.16 Å². The third-order valence-corrected chi connectivity index (χ3v) is 2.13. The van der Waals surface area contributed by atoms with Crippen molar-refractivity contribution in [3.05, 3.63) is 29.6 Å². The monoisotopic (exact) mass is 251 g/mol. The quantitative estimate of drug-likeness (QED) is 0.265. The molecule has 5 N–H and O–H groups in total. The van der Waals surface area contributed by atoms with Gasteiger partial charge >= 0.3 is 0 Å². The first-order valence-electron chi connectivity index (χ1n) is 4.93. The highest BCUT2D eigenvalue weighted by molar-refractivity contribution is 5.98. The van der Waals surface area contributed by atoms with Gasteiger partial charge in [-0.3, -0.25) is 14.6 Å². The number of primary amides is 1. The fourth-order valence-corrected chi connectivity index (χ4v) is 1.23. The molecule has 0 spiro atoms. The van der Waals surface area contributed by atoms with Crippen molar-refractivity contribution in [1.29, 1.82) is 0 Å². The fraction of sp³-hybridized carbons (Fsp3) is 0.200. The standard InChI is InChI=1S/C10H13N5O3/c1-15(5-8(11)16)10(17)7-3-2-6(4-13-7)9(12)14-18/h2-4,18H,5H2,1H3,(H2,11,16)(H2,12,14). The number of aromatic nitrogens is 1. The molecule has 1 aromatic rings. The van der Waals surface area contributed by atoms with Crippen LogP contribution >= 0.6 is 0 Å². The molecule has 0 aliphatic carbocycles. The van der Waals surface area contributed by atoms with E-state index in [1.165, 1.54) is 25.4 Å². The molecule has 0 aromatic carbocycles. The van der Waals surface area contributed by atoms with Crippen LogP contribution in [0.4, 0.5) is 0 Å². The lowest BCUT2D eigenvalue weighted by molar-refractivity contribution is -0.118. The largest absolute Gasteiger partial charge is 0.409 e. The number of pyridine rings is 1. The Morgan fingerprint density at radius 2 is 2.11 bits per heavy atom. The molecule has 0 saturated heterocycles. The summed E-state index contributed by atoms with van der Waals surface area (Å²) in [6.07, 6.45) is 1.29. The van der Waals surface area contributed by atoms with Gasteiger partial charge in [0.15, 0.2) is 5.84 Å². The maximum absolute atomic E-state index is 11.8. The molecular formula is C10H13N5O3. The van der Waals surface area contributed by atoms with Gasteiger partial charge in [0.2, 0.25) is 5.91 Å². The smallest absolute Gasteiger partial charge is 0.272 e. The number of carbonyl (C=O) groups excluding carboxylic acids is 2.